The Morgan fingerprint density at radius 3 is 2.55 bits per heavy atom. The van der Waals surface area contributed by atoms with Gasteiger partial charge in [0.25, 0.3) is 10.0 Å². The Kier molecular flexibility index (Phi) is 5.86. The lowest BCUT2D eigenvalue weighted by molar-refractivity contribution is 0.219. The molecule has 1 aliphatic heterocycles. The van der Waals surface area contributed by atoms with Crippen molar-refractivity contribution in [2.24, 2.45) is 0 Å². The monoisotopic (exact) mass is 431 g/mol. The summed E-state index contributed by atoms with van der Waals surface area (Å²) in [7, 11) is -3.77. The maximum atomic E-state index is 13.2. The van der Waals surface area contributed by atoms with Crippen molar-refractivity contribution in [1.29, 1.82) is 0 Å². The molecule has 4 rings (SSSR count). The van der Waals surface area contributed by atoms with E-state index in [0.717, 1.165) is 43.5 Å². The molecule has 1 aliphatic rings. The lowest BCUT2D eigenvalue weighted by atomic mass is 10.0. The molecule has 0 aliphatic carbocycles. The zero-order valence-corrected chi connectivity index (χ0v) is 18.1. The van der Waals surface area contributed by atoms with Gasteiger partial charge in [-0.2, -0.15) is 0 Å². The van der Waals surface area contributed by atoms with Crippen molar-refractivity contribution >= 4 is 38.2 Å². The minimum Gasteiger partial charge on any atom is -0.382 e. The Hall–Kier alpha value is -2.02. The minimum atomic E-state index is -3.77. The van der Waals surface area contributed by atoms with E-state index >= 15 is 0 Å². The van der Waals surface area contributed by atoms with Gasteiger partial charge in [0.2, 0.25) is 0 Å². The Balaban J connectivity index is 1.62. The molecule has 3 aromatic rings. The minimum absolute atomic E-state index is 0.112. The first-order valence-corrected chi connectivity index (χ1v) is 11.9. The van der Waals surface area contributed by atoms with Gasteiger partial charge in [0, 0.05) is 36.4 Å². The molecule has 1 aromatic heterocycles. The molecule has 1 fully saturated rings. The van der Waals surface area contributed by atoms with Crippen molar-refractivity contribution in [3.05, 3.63) is 59.8 Å². The van der Waals surface area contributed by atoms with Crippen molar-refractivity contribution in [2.75, 3.05) is 25.0 Å². The van der Waals surface area contributed by atoms with Crippen molar-refractivity contribution in [3.63, 3.8) is 0 Å². The molecule has 29 heavy (non-hydrogen) atoms. The summed E-state index contributed by atoms with van der Waals surface area (Å²) in [6, 6.07) is 14.6. The van der Waals surface area contributed by atoms with Gasteiger partial charge in [0.15, 0.2) is 0 Å². The fourth-order valence-electron chi connectivity index (χ4n) is 4.08. The molecule has 2 heterocycles. The average Bonchev–Trinajstić information content (AvgIpc) is 3.16. The first kappa shape index (κ1) is 20.3. The van der Waals surface area contributed by atoms with Crippen LogP contribution in [0.3, 0.4) is 0 Å². The highest BCUT2D eigenvalue weighted by Gasteiger charge is 2.23. The van der Waals surface area contributed by atoms with E-state index in [1.165, 1.54) is 16.5 Å². The number of nitrogens with one attached hydrogen (secondary N) is 1. The summed E-state index contributed by atoms with van der Waals surface area (Å²) in [4.78, 5) is 2.62. The van der Waals surface area contributed by atoms with E-state index in [9.17, 15) is 8.42 Å². The molecule has 0 atom stereocenters. The quantitative estimate of drug-likeness (QED) is 0.608. The van der Waals surface area contributed by atoms with Crippen LogP contribution in [0.25, 0.3) is 10.9 Å². The third-order valence-electron chi connectivity index (χ3n) is 5.56. The normalized spacial score (nSPS) is 16.3. The Morgan fingerprint density at radius 1 is 1.07 bits per heavy atom. The van der Waals surface area contributed by atoms with E-state index in [2.05, 4.69) is 17.1 Å². The topological polar surface area (TPSA) is 54.3 Å². The smallest absolute Gasteiger partial charge is 0.269 e. The van der Waals surface area contributed by atoms with Gasteiger partial charge < -0.3 is 10.2 Å². The Morgan fingerprint density at radius 2 is 1.83 bits per heavy atom. The number of hydrogen-bond acceptors (Lipinski definition) is 4. The third kappa shape index (κ3) is 4.02. The molecule has 0 saturated carbocycles. The van der Waals surface area contributed by atoms with Gasteiger partial charge in [-0.15, -0.1) is 0 Å². The van der Waals surface area contributed by atoms with Gasteiger partial charge in [0.05, 0.1) is 10.5 Å². The number of aromatic nitrogens is 1. The molecule has 5 nitrogen and oxygen atoms in total. The predicted octanol–water partition coefficient (Wildman–Crippen LogP) is 4.82. The number of likely N-dealkylation sites (tertiary alicyclic amines) is 1. The molecule has 154 valence electrons. The largest absolute Gasteiger partial charge is 0.382 e. The molecule has 0 bridgehead atoms. The molecule has 0 amide bonds. The first-order valence-electron chi connectivity index (χ1n) is 10.1. The van der Waals surface area contributed by atoms with Gasteiger partial charge >= 0.3 is 0 Å². The SMILES string of the molecule is CCCN1CCC(Nc2cccc3c2ccn3S(=O)(=O)c2ccccc2Cl)CC1. The van der Waals surface area contributed by atoms with Crippen LogP contribution in [0.2, 0.25) is 5.02 Å². The highest BCUT2D eigenvalue weighted by Crippen LogP contribution is 2.31. The molecule has 0 unspecified atom stereocenters. The second-order valence-corrected chi connectivity index (χ2v) is 9.74. The van der Waals surface area contributed by atoms with Crippen LogP contribution < -0.4 is 5.32 Å². The molecular formula is C22H26ClN3O2S. The first-order chi connectivity index (χ1) is 14.0. The summed E-state index contributed by atoms with van der Waals surface area (Å²) >= 11 is 6.16. The number of hydrogen-bond donors (Lipinski definition) is 1. The molecular weight excluding hydrogens is 406 g/mol. The van der Waals surface area contributed by atoms with E-state index in [-0.39, 0.29) is 9.92 Å². The van der Waals surface area contributed by atoms with Crippen molar-refractivity contribution in [2.45, 2.75) is 37.1 Å². The van der Waals surface area contributed by atoms with Gasteiger partial charge in [-0.3, -0.25) is 0 Å². The lowest BCUT2D eigenvalue weighted by Crippen LogP contribution is -2.39. The number of benzene rings is 2. The van der Waals surface area contributed by atoms with Crippen LogP contribution in [0.4, 0.5) is 5.69 Å². The van der Waals surface area contributed by atoms with E-state index in [0.29, 0.717) is 11.6 Å². The Labute approximate surface area is 177 Å². The van der Waals surface area contributed by atoms with Crippen molar-refractivity contribution in [1.82, 2.24) is 8.87 Å². The third-order valence-corrected chi connectivity index (χ3v) is 7.75. The van der Waals surface area contributed by atoms with Gasteiger partial charge in [-0.05, 0) is 56.1 Å². The summed E-state index contributed by atoms with van der Waals surface area (Å²) in [5.74, 6) is 0. The van der Waals surface area contributed by atoms with Crippen LogP contribution in [0.15, 0.2) is 59.6 Å². The van der Waals surface area contributed by atoms with Crippen LogP contribution >= 0.6 is 11.6 Å². The van der Waals surface area contributed by atoms with E-state index < -0.39 is 10.0 Å². The number of anilines is 1. The molecule has 1 N–H and O–H groups in total. The standard InChI is InChI=1S/C22H26ClN3O2S/c1-2-13-25-14-10-17(11-15-25)24-20-7-5-8-21-18(20)12-16-26(21)29(27,28)22-9-4-3-6-19(22)23/h3-9,12,16-17,24H,2,10-11,13-15H2,1H3. The van der Waals surface area contributed by atoms with Gasteiger partial charge in [0.1, 0.15) is 4.90 Å². The van der Waals surface area contributed by atoms with Gasteiger partial charge in [-0.25, -0.2) is 12.4 Å². The summed E-state index contributed by atoms with van der Waals surface area (Å²) < 4.78 is 27.7. The number of fused-ring (bicyclic) bond motifs is 1. The molecule has 1 saturated heterocycles. The zero-order chi connectivity index (χ0) is 20.4. The number of piperidine rings is 1. The molecule has 0 spiro atoms. The number of rotatable bonds is 6. The zero-order valence-electron chi connectivity index (χ0n) is 16.5. The van der Waals surface area contributed by atoms with Crippen molar-refractivity contribution < 1.29 is 8.42 Å². The van der Waals surface area contributed by atoms with Crippen LogP contribution in [0.5, 0.6) is 0 Å². The van der Waals surface area contributed by atoms with Crippen molar-refractivity contribution in [3.8, 4) is 0 Å². The highest BCUT2D eigenvalue weighted by atomic mass is 35.5. The summed E-state index contributed by atoms with van der Waals surface area (Å²) in [5.41, 5.74) is 1.63. The molecule has 7 heteroatoms. The second kappa shape index (κ2) is 8.38. The average molecular weight is 432 g/mol. The van der Waals surface area contributed by atoms with E-state index in [1.54, 1.807) is 24.4 Å². The summed E-state index contributed by atoms with van der Waals surface area (Å²) in [6.07, 6.45) is 4.98. The molecule has 0 radical (unpaired) electrons. The summed E-state index contributed by atoms with van der Waals surface area (Å²) in [5, 5.41) is 4.77. The fraction of sp³-hybridized carbons (Fsp3) is 0.364. The van der Waals surface area contributed by atoms with Crippen LogP contribution in [0, 0.1) is 0 Å². The highest BCUT2D eigenvalue weighted by molar-refractivity contribution is 7.90. The lowest BCUT2D eigenvalue weighted by Gasteiger charge is -2.32. The summed E-state index contributed by atoms with van der Waals surface area (Å²) in [6.45, 7) is 5.57. The second-order valence-electron chi connectivity index (χ2n) is 7.55. The number of halogens is 1. The fourth-order valence-corrected chi connectivity index (χ4v) is 5.92. The maximum Gasteiger partial charge on any atom is 0.269 e. The van der Waals surface area contributed by atoms with E-state index in [4.69, 9.17) is 11.6 Å². The number of nitrogens with zero attached hydrogens (tertiary/aromatic N) is 2. The predicted molar refractivity (Wildman–Crippen MR) is 119 cm³/mol. The van der Waals surface area contributed by atoms with E-state index in [1.807, 2.05) is 24.3 Å². The van der Waals surface area contributed by atoms with Gasteiger partial charge in [-0.1, -0.05) is 36.7 Å². The maximum absolute atomic E-state index is 13.2. The van der Waals surface area contributed by atoms with Crippen LogP contribution in [-0.4, -0.2) is 43.0 Å². The van der Waals surface area contributed by atoms with Crippen LogP contribution in [0.1, 0.15) is 26.2 Å². The molecule has 2 aromatic carbocycles. The Bertz CT molecular complexity index is 1100. The van der Waals surface area contributed by atoms with Crippen LogP contribution in [-0.2, 0) is 10.0 Å².